The molecule has 0 aliphatic heterocycles. The van der Waals surface area contributed by atoms with Gasteiger partial charge >= 0.3 is 0 Å². The molecule has 0 radical (unpaired) electrons. The summed E-state index contributed by atoms with van der Waals surface area (Å²) >= 11 is 6.12. The van der Waals surface area contributed by atoms with Crippen molar-refractivity contribution in [2.45, 2.75) is 53.0 Å². The van der Waals surface area contributed by atoms with E-state index in [-0.39, 0.29) is 11.8 Å². The van der Waals surface area contributed by atoms with Gasteiger partial charge in [-0.15, -0.1) is 0 Å². The van der Waals surface area contributed by atoms with Crippen LogP contribution in [0, 0.1) is 11.8 Å². The maximum absolute atomic E-state index is 12.3. The van der Waals surface area contributed by atoms with Crippen molar-refractivity contribution in [2.24, 2.45) is 16.9 Å². The number of hydrogen-bond donors (Lipinski definition) is 2. The van der Waals surface area contributed by atoms with Crippen molar-refractivity contribution in [2.75, 3.05) is 6.61 Å². The predicted octanol–water partition coefficient (Wildman–Crippen LogP) is 4.66. The first-order valence-corrected chi connectivity index (χ1v) is 10.0. The molecule has 0 spiro atoms. The first-order chi connectivity index (χ1) is 13.0. The van der Waals surface area contributed by atoms with Gasteiger partial charge in [-0.25, -0.2) is 0 Å². The molecule has 0 atom stereocenters. The molecular formula is C21H30ClN3O2. The molecule has 1 saturated carbocycles. The van der Waals surface area contributed by atoms with Crippen LogP contribution < -0.4 is 15.5 Å². The Labute approximate surface area is 167 Å². The van der Waals surface area contributed by atoms with Gasteiger partial charge in [0.05, 0.1) is 13.2 Å². The third kappa shape index (κ3) is 7.25. The van der Waals surface area contributed by atoms with E-state index in [1.54, 1.807) is 6.08 Å². The molecule has 2 rings (SSSR count). The van der Waals surface area contributed by atoms with Gasteiger partial charge in [-0.3, -0.25) is 4.79 Å². The molecule has 0 aromatic heterocycles. The summed E-state index contributed by atoms with van der Waals surface area (Å²) in [6, 6.07) is 5.56. The standard InChI is InChI=1S/C21H30ClN3O2/c1-4-7-20(24-21(26)16-8-5-6-9-16)25-23-13-17-12-18(22)10-11-19(17)27-14-15(2)3/h4,7,10-12,15-16,23H,5-6,8-9,13-14H2,1-3H3,(H,24,25,26)/b7-4+. The number of nitrogens with zero attached hydrogens (tertiary/aromatic N) is 1. The minimum Gasteiger partial charge on any atom is -0.493 e. The number of benzene rings is 1. The Morgan fingerprint density at radius 3 is 2.78 bits per heavy atom. The van der Waals surface area contributed by atoms with Crippen molar-refractivity contribution >= 4 is 23.3 Å². The number of hydrogen-bond acceptors (Lipinski definition) is 4. The highest BCUT2D eigenvalue weighted by atomic mass is 35.5. The second kappa shape index (κ2) is 11.0. The lowest BCUT2D eigenvalue weighted by atomic mass is 10.1. The Kier molecular flexibility index (Phi) is 8.65. The van der Waals surface area contributed by atoms with Gasteiger partial charge in [0.1, 0.15) is 5.75 Å². The number of carbonyl (C=O) groups is 1. The number of hydrazone groups is 1. The van der Waals surface area contributed by atoms with Gasteiger partial charge in [-0.05, 0) is 50.0 Å². The van der Waals surface area contributed by atoms with E-state index in [2.05, 4.69) is 29.7 Å². The van der Waals surface area contributed by atoms with Gasteiger partial charge in [0.2, 0.25) is 5.91 Å². The number of allylic oxidation sites excluding steroid dienone is 1. The van der Waals surface area contributed by atoms with Gasteiger partial charge in [-0.1, -0.05) is 44.4 Å². The first-order valence-electron chi connectivity index (χ1n) is 9.65. The van der Waals surface area contributed by atoms with Crippen LogP contribution >= 0.6 is 11.6 Å². The van der Waals surface area contributed by atoms with Crippen molar-refractivity contribution < 1.29 is 9.53 Å². The van der Waals surface area contributed by atoms with Crippen molar-refractivity contribution in [1.82, 2.24) is 10.7 Å². The molecular weight excluding hydrogens is 362 g/mol. The Bertz CT molecular complexity index is 680. The molecule has 1 aliphatic rings. The Morgan fingerprint density at radius 2 is 2.11 bits per heavy atom. The van der Waals surface area contributed by atoms with Crippen LogP contribution in [0.4, 0.5) is 0 Å². The molecule has 1 aliphatic carbocycles. The topological polar surface area (TPSA) is 62.7 Å². The van der Waals surface area contributed by atoms with E-state index in [9.17, 15) is 4.79 Å². The van der Waals surface area contributed by atoms with Crippen LogP contribution in [0.3, 0.4) is 0 Å². The van der Waals surface area contributed by atoms with E-state index >= 15 is 0 Å². The zero-order chi connectivity index (χ0) is 19.6. The number of amides is 1. The van der Waals surface area contributed by atoms with Crippen molar-refractivity contribution in [1.29, 1.82) is 0 Å². The minimum atomic E-state index is 0.0508. The van der Waals surface area contributed by atoms with Crippen LogP contribution in [0.1, 0.15) is 52.0 Å². The van der Waals surface area contributed by atoms with E-state index in [1.165, 1.54) is 0 Å². The molecule has 0 bridgehead atoms. The van der Waals surface area contributed by atoms with Crippen molar-refractivity contribution in [3.05, 3.63) is 40.9 Å². The van der Waals surface area contributed by atoms with Crippen LogP contribution in [-0.4, -0.2) is 18.3 Å². The van der Waals surface area contributed by atoms with E-state index in [4.69, 9.17) is 16.3 Å². The lowest BCUT2D eigenvalue weighted by Crippen LogP contribution is -2.34. The molecule has 6 heteroatoms. The summed E-state index contributed by atoms with van der Waals surface area (Å²) < 4.78 is 5.86. The largest absolute Gasteiger partial charge is 0.493 e. The number of carbonyl (C=O) groups excluding carboxylic acids is 1. The summed E-state index contributed by atoms with van der Waals surface area (Å²) in [4.78, 5) is 12.3. The molecule has 0 heterocycles. The predicted molar refractivity (Wildman–Crippen MR) is 111 cm³/mol. The second-order valence-corrected chi connectivity index (χ2v) is 7.70. The summed E-state index contributed by atoms with van der Waals surface area (Å²) in [5.74, 6) is 1.89. The summed E-state index contributed by atoms with van der Waals surface area (Å²) in [7, 11) is 0. The maximum atomic E-state index is 12.3. The summed E-state index contributed by atoms with van der Waals surface area (Å²) in [6.45, 7) is 7.20. The van der Waals surface area contributed by atoms with E-state index in [0.717, 1.165) is 37.0 Å². The Hall–Kier alpha value is -2.01. The number of amidine groups is 1. The van der Waals surface area contributed by atoms with Crippen LogP contribution in [-0.2, 0) is 11.3 Å². The lowest BCUT2D eigenvalue weighted by Gasteiger charge is -2.14. The summed E-state index contributed by atoms with van der Waals surface area (Å²) in [5, 5.41) is 7.90. The molecule has 27 heavy (non-hydrogen) atoms. The molecule has 0 unspecified atom stereocenters. The second-order valence-electron chi connectivity index (χ2n) is 7.26. The Balaban J connectivity index is 1.99. The monoisotopic (exact) mass is 391 g/mol. The molecule has 0 saturated heterocycles. The lowest BCUT2D eigenvalue weighted by molar-refractivity contribution is -0.123. The van der Waals surface area contributed by atoms with Crippen LogP contribution in [0.5, 0.6) is 5.75 Å². The first kappa shape index (κ1) is 21.3. The van der Waals surface area contributed by atoms with E-state index < -0.39 is 0 Å². The molecule has 1 amide bonds. The number of nitrogens with one attached hydrogen (secondary N) is 2. The van der Waals surface area contributed by atoms with Gasteiger partial charge in [0.25, 0.3) is 0 Å². The average Bonchev–Trinajstić information content (AvgIpc) is 3.16. The van der Waals surface area contributed by atoms with Gasteiger partial charge in [0, 0.05) is 16.5 Å². The molecule has 5 nitrogen and oxygen atoms in total. The smallest absolute Gasteiger partial charge is 0.228 e. The number of rotatable bonds is 8. The highest BCUT2D eigenvalue weighted by Gasteiger charge is 2.23. The van der Waals surface area contributed by atoms with E-state index in [0.29, 0.717) is 29.9 Å². The fourth-order valence-electron chi connectivity index (χ4n) is 2.97. The highest BCUT2D eigenvalue weighted by molar-refractivity contribution is 6.30. The zero-order valence-electron chi connectivity index (χ0n) is 16.4. The van der Waals surface area contributed by atoms with Gasteiger partial charge in [-0.2, -0.15) is 5.10 Å². The quantitative estimate of drug-likeness (QED) is 0.385. The molecule has 148 valence electrons. The molecule has 2 N–H and O–H groups in total. The normalized spacial score (nSPS) is 15.5. The van der Waals surface area contributed by atoms with Crippen molar-refractivity contribution in [3.63, 3.8) is 0 Å². The Morgan fingerprint density at radius 1 is 1.37 bits per heavy atom. The van der Waals surface area contributed by atoms with Crippen LogP contribution in [0.2, 0.25) is 5.02 Å². The highest BCUT2D eigenvalue weighted by Crippen LogP contribution is 2.25. The molecule has 1 aromatic rings. The maximum Gasteiger partial charge on any atom is 0.228 e. The third-order valence-corrected chi connectivity index (χ3v) is 4.60. The van der Waals surface area contributed by atoms with Crippen LogP contribution in [0.15, 0.2) is 35.5 Å². The number of halogens is 1. The summed E-state index contributed by atoms with van der Waals surface area (Å²) in [5.41, 5.74) is 3.95. The van der Waals surface area contributed by atoms with E-state index in [1.807, 2.05) is 31.2 Å². The SMILES string of the molecule is C/C=C/C(=N\NCc1cc(Cl)ccc1OCC(C)C)NC(=O)C1CCCC1. The fraction of sp³-hybridized carbons (Fsp3) is 0.524. The van der Waals surface area contributed by atoms with Crippen molar-refractivity contribution in [3.8, 4) is 5.75 Å². The van der Waals surface area contributed by atoms with Gasteiger partial charge < -0.3 is 15.5 Å². The average molecular weight is 392 g/mol. The summed E-state index contributed by atoms with van der Waals surface area (Å²) in [6.07, 6.45) is 7.81. The number of ether oxygens (including phenoxy) is 1. The fourth-order valence-corrected chi connectivity index (χ4v) is 3.17. The zero-order valence-corrected chi connectivity index (χ0v) is 17.2. The minimum absolute atomic E-state index is 0.0508. The van der Waals surface area contributed by atoms with Gasteiger partial charge in [0.15, 0.2) is 5.84 Å². The third-order valence-electron chi connectivity index (χ3n) is 4.37. The molecule has 1 aromatic carbocycles. The van der Waals surface area contributed by atoms with Crippen LogP contribution in [0.25, 0.3) is 0 Å². The molecule has 1 fully saturated rings.